The highest BCUT2D eigenvalue weighted by Gasteiger charge is 2.26. The molecule has 0 amide bonds. The molecule has 1 atom stereocenters. The first-order chi connectivity index (χ1) is 12.5. The summed E-state index contributed by atoms with van der Waals surface area (Å²) in [6.07, 6.45) is 4.56. The molecule has 0 saturated carbocycles. The number of likely N-dealkylation sites (tertiary alicyclic amines) is 1. The highest BCUT2D eigenvalue weighted by atomic mass is 32.2. The van der Waals surface area contributed by atoms with Crippen molar-refractivity contribution in [3.8, 4) is 0 Å². The third-order valence-corrected chi connectivity index (χ3v) is 6.19. The maximum Gasteiger partial charge on any atom is 0.232 e. The molecule has 5 heteroatoms. The average Bonchev–Trinajstić information content (AvgIpc) is 2.65. The number of nitrogens with zero attached hydrogens (tertiary/aromatic N) is 2. The number of hydrogen-bond donors (Lipinski definition) is 0. The first kappa shape index (κ1) is 18.9. The molecule has 4 nitrogen and oxygen atoms in total. The van der Waals surface area contributed by atoms with Crippen molar-refractivity contribution in [3.05, 3.63) is 66.2 Å². The van der Waals surface area contributed by atoms with Crippen LogP contribution in [0.15, 0.2) is 60.7 Å². The minimum Gasteiger partial charge on any atom is -0.303 e. The lowest BCUT2D eigenvalue weighted by atomic mass is 9.97. The number of piperidine rings is 1. The number of rotatable bonds is 7. The van der Waals surface area contributed by atoms with Crippen LogP contribution in [-0.2, 0) is 16.4 Å². The van der Waals surface area contributed by atoms with Crippen LogP contribution < -0.4 is 4.31 Å². The van der Waals surface area contributed by atoms with Gasteiger partial charge >= 0.3 is 0 Å². The summed E-state index contributed by atoms with van der Waals surface area (Å²) in [5.74, 6) is 0.370. The Morgan fingerprint density at radius 1 is 1.04 bits per heavy atom. The van der Waals surface area contributed by atoms with Crippen LogP contribution in [0.25, 0.3) is 0 Å². The molecule has 2 aromatic carbocycles. The van der Waals surface area contributed by atoms with Crippen LogP contribution in [0.5, 0.6) is 0 Å². The summed E-state index contributed by atoms with van der Waals surface area (Å²) in [5, 5.41) is 0. The molecule has 0 aromatic heterocycles. The Hall–Kier alpha value is -1.85. The van der Waals surface area contributed by atoms with Crippen LogP contribution in [0.3, 0.4) is 0 Å². The largest absolute Gasteiger partial charge is 0.303 e. The Bertz CT molecular complexity index is 778. The Balaban J connectivity index is 1.61. The molecule has 1 unspecified atom stereocenters. The van der Waals surface area contributed by atoms with Gasteiger partial charge in [-0.05, 0) is 49.4 Å². The predicted molar refractivity (Wildman–Crippen MR) is 108 cm³/mol. The summed E-state index contributed by atoms with van der Waals surface area (Å²) in [6, 6.07) is 20.0. The van der Waals surface area contributed by atoms with Gasteiger partial charge in [0.05, 0.1) is 11.9 Å². The second kappa shape index (κ2) is 8.69. The Morgan fingerprint density at radius 3 is 2.35 bits per heavy atom. The minimum atomic E-state index is -3.28. The van der Waals surface area contributed by atoms with E-state index in [2.05, 4.69) is 29.2 Å². The summed E-state index contributed by atoms with van der Waals surface area (Å²) >= 11 is 0. The van der Waals surface area contributed by atoms with Crippen molar-refractivity contribution >= 4 is 15.7 Å². The van der Waals surface area contributed by atoms with Gasteiger partial charge in [-0.3, -0.25) is 4.31 Å². The second-order valence-corrected chi connectivity index (χ2v) is 9.08. The fraction of sp³-hybridized carbons (Fsp3) is 0.429. The van der Waals surface area contributed by atoms with Crippen molar-refractivity contribution in [1.82, 2.24) is 4.90 Å². The number of para-hydroxylation sites is 1. The molecular formula is C21H28N2O2S. The van der Waals surface area contributed by atoms with Crippen molar-refractivity contribution in [2.45, 2.75) is 19.3 Å². The van der Waals surface area contributed by atoms with Gasteiger partial charge in [-0.2, -0.15) is 0 Å². The van der Waals surface area contributed by atoms with E-state index in [9.17, 15) is 8.42 Å². The molecule has 2 aromatic rings. The van der Waals surface area contributed by atoms with Crippen LogP contribution in [0.2, 0.25) is 0 Å². The topological polar surface area (TPSA) is 40.6 Å². The molecule has 0 aliphatic carbocycles. The Morgan fingerprint density at radius 2 is 1.69 bits per heavy atom. The standard InChI is InChI=1S/C21H28N2O2S/c1-26(24,25)23(21-12-6-3-7-13-21)18-20-11-8-15-22(17-20)16-14-19-9-4-2-5-10-19/h2-7,9-10,12-13,20H,8,11,14-18H2,1H3. The normalized spacial score (nSPS) is 18.6. The van der Waals surface area contributed by atoms with Crippen LogP contribution >= 0.6 is 0 Å². The maximum atomic E-state index is 12.3. The lowest BCUT2D eigenvalue weighted by Gasteiger charge is -2.35. The SMILES string of the molecule is CS(=O)(=O)N(CC1CCCN(CCc2ccccc2)C1)c1ccccc1. The van der Waals surface area contributed by atoms with Crippen molar-refractivity contribution in [3.63, 3.8) is 0 Å². The fourth-order valence-corrected chi connectivity index (χ4v) is 4.68. The lowest BCUT2D eigenvalue weighted by molar-refractivity contribution is 0.180. The molecule has 3 rings (SSSR count). The zero-order chi connectivity index (χ0) is 18.4. The zero-order valence-corrected chi connectivity index (χ0v) is 16.2. The molecule has 1 saturated heterocycles. The van der Waals surface area contributed by atoms with Crippen LogP contribution in [0, 0.1) is 5.92 Å². The van der Waals surface area contributed by atoms with E-state index >= 15 is 0 Å². The number of sulfonamides is 1. The summed E-state index contributed by atoms with van der Waals surface area (Å²) < 4.78 is 26.2. The number of hydrogen-bond acceptors (Lipinski definition) is 3. The number of anilines is 1. The molecule has 0 spiro atoms. The molecule has 140 valence electrons. The second-order valence-electron chi connectivity index (χ2n) is 7.17. The van der Waals surface area contributed by atoms with Gasteiger partial charge < -0.3 is 4.90 Å². The summed E-state index contributed by atoms with van der Waals surface area (Å²) in [5.41, 5.74) is 2.12. The number of benzene rings is 2. The molecule has 0 radical (unpaired) electrons. The first-order valence-electron chi connectivity index (χ1n) is 9.31. The van der Waals surface area contributed by atoms with Crippen molar-refractivity contribution < 1.29 is 8.42 Å². The van der Waals surface area contributed by atoms with Gasteiger partial charge in [-0.15, -0.1) is 0 Å². The Labute approximate surface area is 157 Å². The maximum absolute atomic E-state index is 12.3. The van der Waals surface area contributed by atoms with Gasteiger partial charge in [0.2, 0.25) is 10.0 Å². The van der Waals surface area contributed by atoms with E-state index in [1.165, 1.54) is 11.8 Å². The highest BCUT2D eigenvalue weighted by Crippen LogP contribution is 2.23. The van der Waals surface area contributed by atoms with Crippen molar-refractivity contribution in [2.75, 3.05) is 36.7 Å². The van der Waals surface area contributed by atoms with Crippen LogP contribution in [0.4, 0.5) is 5.69 Å². The van der Waals surface area contributed by atoms with E-state index < -0.39 is 10.0 Å². The predicted octanol–water partition coefficient (Wildman–Crippen LogP) is 3.41. The molecule has 1 fully saturated rings. The van der Waals surface area contributed by atoms with E-state index in [1.54, 1.807) is 4.31 Å². The molecule has 0 bridgehead atoms. The van der Waals surface area contributed by atoms with Gasteiger partial charge in [0, 0.05) is 19.6 Å². The molecule has 26 heavy (non-hydrogen) atoms. The smallest absolute Gasteiger partial charge is 0.232 e. The van der Waals surface area contributed by atoms with E-state index in [0.717, 1.165) is 44.6 Å². The third-order valence-electron chi connectivity index (χ3n) is 5.03. The van der Waals surface area contributed by atoms with Crippen molar-refractivity contribution in [1.29, 1.82) is 0 Å². The molecule has 1 heterocycles. The molecule has 0 N–H and O–H groups in total. The van der Waals surface area contributed by atoms with E-state index in [1.807, 2.05) is 36.4 Å². The van der Waals surface area contributed by atoms with E-state index in [0.29, 0.717) is 12.5 Å². The van der Waals surface area contributed by atoms with Gasteiger partial charge in [0.1, 0.15) is 0 Å². The van der Waals surface area contributed by atoms with Gasteiger partial charge in [-0.25, -0.2) is 8.42 Å². The zero-order valence-electron chi connectivity index (χ0n) is 15.4. The van der Waals surface area contributed by atoms with E-state index in [4.69, 9.17) is 0 Å². The average molecular weight is 373 g/mol. The molecule has 1 aliphatic heterocycles. The third kappa shape index (κ3) is 5.32. The quantitative estimate of drug-likeness (QED) is 0.748. The first-order valence-corrected chi connectivity index (χ1v) is 11.2. The fourth-order valence-electron chi connectivity index (χ4n) is 3.70. The van der Waals surface area contributed by atoms with Crippen LogP contribution in [0.1, 0.15) is 18.4 Å². The van der Waals surface area contributed by atoms with E-state index in [-0.39, 0.29) is 0 Å². The summed E-state index contributed by atoms with van der Waals surface area (Å²) in [4.78, 5) is 2.48. The molecular weight excluding hydrogens is 344 g/mol. The van der Waals surface area contributed by atoms with Crippen molar-refractivity contribution in [2.24, 2.45) is 5.92 Å². The van der Waals surface area contributed by atoms with Crippen LogP contribution in [-0.4, -0.2) is 45.8 Å². The highest BCUT2D eigenvalue weighted by molar-refractivity contribution is 7.92. The van der Waals surface area contributed by atoms with Gasteiger partial charge in [-0.1, -0.05) is 48.5 Å². The van der Waals surface area contributed by atoms with Gasteiger partial charge in [0.15, 0.2) is 0 Å². The molecule has 1 aliphatic rings. The summed E-state index contributed by atoms with van der Waals surface area (Å²) in [6.45, 7) is 3.66. The summed E-state index contributed by atoms with van der Waals surface area (Å²) in [7, 11) is -3.28. The minimum absolute atomic E-state index is 0.370. The lowest BCUT2D eigenvalue weighted by Crippen LogP contribution is -2.43. The monoisotopic (exact) mass is 372 g/mol. The Kier molecular flexibility index (Phi) is 6.33. The van der Waals surface area contributed by atoms with Gasteiger partial charge in [0.25, 0.3) is 0 Å².